The number of rotatable bonds is 0. The van der Waals surface area contributed by atoms with Crippen molar-refractivity contribution >= 4 is 11.6 Å². The standard InChI is InChI=1S/C5H2ClFN.Li/c6-4-2-1-3-8-5(4)7;/h1,3H;/q-1;+1. The van der Waals surface area contributed by atoms with E-state index in [1.54, 1.807) is 0 Å². The molecular formula is C5H2ClFLiN. The molecule has 0 N–H and O–H groups in total. The first-order valence-electron chi connectivity index (χ1n) is 1.98. The molecule has 0 fully saturated rings. The van der Waals surface area contributed by atoms with E-state index in [0.717, 1.165) is 0 Å². The predicted octanol–water partition coefficient (Wildman–Crippen LogP) is -1.32. The second-order valence-electron chi connectivity index (χ2n) is 1.19. The molecule has 1 nitrogen and oxygen atoms in total. The SMILES string of the molecule is Fc1ncc[c-]c1Cl.[Li+]. The minimum absolute atomic E-state index is 0. The van der Waals surface area contributed by atoms with Gasteiger partial charge in [-0.3, -0.25) is 4.39 Å². The normalized spacial score (nSPS) is 8.22. The van der Waals surface area contributed by atoms with Crippen LogP contribution >= 0.6 is 11.6 Å². The van der Waals surface area contributed by atoms with E-state index in [-0.39, 0.29) is 23.9 Å². The molecule has 1 rings (SSSR count). The Morgan fingerprint density at radius 1 is 1.67 bits per heavy atom. The molecule has 0 saturated heterocycles. The average molecular weight is 137 g/mol. The maximum Gasteiger partial charge on any atom is 1.00 e. The van der Waals surface area contributed by atoms with Crippen molar-refractivity contribution in [3.63, 3.8) is 0 Å². The maximum atomic E-state index is 12.0. The molecule has 0 amide bonds. The van der Waals surface area contributed by atoms with Crippen molar-refractivity contribution in [3.05, 3.63) is 29.3 Å². The van der Waals surface area contributed by atoms with Crippen molar-refractivity contribution in [1.82, 2.24) is 4.98 Å². The fourth-order valence-electron chi connectivity index (χ4n) is 0.329. The van der Waals surface area contributed by atoms with Gasteiger partial charge in [0.1, 0.15) is 5.95 Å². The zero-order valence-corrected chi connectivity index (χ0v) is 5.61. The molecule has 9 heavy (non-hydrogen) atoms. The largest absolute Gasteiger partial charge is 1.00 e. The van der Waals surface area contributed by atoms with Gasteiger partial charge in [-0.1, -0.05) is 6.20 Å². The number of aromatic nitrogens is 1. The Labute approximate surface area is 69.4 Å². The Morgan fingerprint density at radius 2 is 2.33 bits per heavy atom. The van der Waals surface area contributed by atoms with Crippen LogP contribution < -0.4 is 18.9 Å². The Morgan fingerprint density at radius 3 is 2.67 bits per heavy atom. The molecule has 0 aromatic carbocycles. The quantitative estimate of drug-likeness (QED) is 0.246. The van der Waals surface area contributed by atoms with Crippen molar-refractivity contribution in [2.24, 2.45) is 0 Å². The van der Waals surface area contributed by atoms with Crippen molar-refractivity contribution in [2.45, 2.75) is 0 Å². The van der Waals surface area contributed by atoms with Crippen molar-refractivity contribution in [2.75, 3.05) is 0 Å². The van der Waals surface area contributed by atoms with Crippen LogP contribution in [0.2, 0.25) is 5.02 Å². The zero-order chi connectivity index (χ0) is 5.98. The topological polar surface area (TPSA) is 12.9 Å². The van der Waals surface area contributed by atoms with Gasteiger partial charge in [0.15, 0.2) is 0 Å². The van der Waals surface area contributed by atoms with Gasteiger partial charge in [-0.05, 0) is 5.02 Å². The third-order valence-electron chi connectivity index (χ3n) is 0.654. The van der Waals surface area contributed by atoms with Crippen LogP contribution in [0.15, 0.2) is 12.3 Å². The summed E-state index contributed by atoms with van der Waals surface area (Å²) in [7, 11) is 0. The second-order valence-corrected chi connectivity index (χ2v) is 1.57. The number of hydrogen-bond donors (Lipinski definition) is 0. The van der Waals surface area contributed by atoms with Crippen LogP contribution in [0.25, 0.3) is 0 Å². The van der Waals surface area contributed by atoms with Crippen LogP contribution in [0.5, 0.6) is 0 Å². The molecule has 0 spiro atoms. The third-order valence-corrected chi connectivity index (χ3v) is 0.919. The number of pyridine rings is 1. The molecule has 0 aliphatic rings. The van der Waals surface area contributed by atoms with Crippen LogP contribution in [0.1, 0.15) is 0 Å². The van der Waals surface area contributed by atoms with Gasteiger partial charge in [0.25, 0.3) is 0 Å². The number of halogens is 2. The fourth-order valence-corrected chi connectivity index (χ4v) is 0.441. The van der Waals surface area contributed by atoms with Gasteiger partial charge >= 0.3 is 18.9 Å². The molecule has 1 heterocycles. The summed E-state index contributed by atoms with van der Waals surface area (Å²) in [4.78, 5) is 3.25. The molecular weight excluding hydrogens is 135 g/mol. The molecule has 0 radical (unpaired) electrons. The van der Waals surface area contributed by atoms with Gasteiger partial charge in [0.2, 0.25) is 0 Å². The number of hydrogen-bond acceptors (Lipinski definition) is 1. The molecule has 0 aliphatic carbocycles. The average Bonchev–Trinajstić information content (AvgIpc) is 1.77. The predicted molar refractivity (Wildman–Crippen MR) is 28.0 cm³/mol. The summed E-state index contributed by atoms with van der Waals surface area (Å²) in [6.45, 7) is 0. The first kappa shape index (κ1) is 8.97. The van der Waals surface area contributed by atoms with Crippen molar-refractivity contribution < 1.29 is 23.3 Å². The van der Waals surface area contributed by atoms with Crippen LogP contribution in [0.4, 0.5) is 4.39 Å². The monoisotopic (exact) mass is 137 g/mol. The van der Waals surface area contributed by atoms with E-state index >= 15 is 0 Å². The Kier molecular flexibility index (Phi) is 3.88. The van der Waals surface area contributed by atoms with E-state index in [1.165, 1.54) is 12.3 Å². The zero-order valence-electron chi connectivity index (χ0n) is 4.86. The Balaban J connectivity index is 0.000000640. The van der Waals surface area contributed by atoms with Crippen LogP contribution in [0, 0.1) is 12.0 Å². The van der Waals surface area contributed by atoms with E-state index < -0.39 is 5.95 Å². The fraction of sp³-hybridized carbons (Fsp3) is 0. The molecule has 4 heteroatoms. The Hall–Kier alpha value is -0.0326. The van der Waals surface area contributed by atoms with E-state index in [4.69, 9.17) is 11.6 Å². The van der Waals surface area contributed by atoms with Crippen molar-refractivity contribution in [3.8, 4) is 0 Å². The summed E-state index contributed by atoms with van der Waals surface area (Å²) in [5.74, 6) is -0.672. The van der Waals surface area contributed by atoms with Gasteiger partial charge in [-0.25, -0.2) is 0 Å². The molecule has 0 aliphatic heterocycles. The first-order chi connectivity index (χ1) is 3.80. The van der Waals surface area contributed by atoms with Gasteiger partial charge < -0.3 is 4.98 Å². The van der Waals surface area contributed by atoms with Gasteiger partial charge in [0.05, 0.1) is 0 Å². The van der Waals surface area contributed by atoms with E-state index in [9.17, 15) is 4.39 Å². The summed E-state index contributed by atoms with van der Waals surface area (Å²) in [6, 6.07) is 3.88. The van der Waals surface area contributed by atoms with Crippen molar-refractivity contribution in [1.29, 1.82) is 0 Å². The van der Waals surface area contributed by atoms with E-state index in [0.29, 0.717) is 0 Å². The molecule has 0 atom stereocenters. The third kappa shape index (κ3) is 2.36. The summed E-state index contributed by atoms with van der Waals surface area (Å²) in [5.41, 5.74) is 0. The van der Waals surface area contributed by atoms with E-state index in [1.807, 2.05) is 0 Å². The van der Waals surface area contributed by atoms with Crippen LogP contribution in [-0.2, 0) is 0 Å². The van der Waals surface area contributed by atoms with Crippen LogP contribution in [-0.4, -0.2) is 4.98 Å². The van der Waals surface area contributed by atoms with Crippen LogP contribution in [0.3, 0.4) is 0 Å². The molecule has 1 aromatic rings. The molecule has 0 bridgehead atoms. The summed E-state index contributed by atoms with van der Waals surface area (Å²) < 4.78 is 12.0. The first-order valence-corrected chi connectivity index (χ1v) is 2.36. The second kappa shape index (κ2) is 3.89. The summed E-state index contributed by atoms with van der Waals surface area (Å²) in [6.07, 6.45) is 1.29. The minimum Gasteiger partial charge on any atom is -0.357 e. The van der Waals surface area contributed by atoms with Gasteiger partial charge in [0, 0.05) is 0 Å². The smallest absolute Gasteiger partial charge is 0.357 e. The maximum absolute atomic E-state index is 12.0. The number of nitrogens with zero attached hydrogens (tertiary/aromatic N) is 1. The molecule has 42 valence electrons. The Bertz CT molecular complexity index is 173. The minimum atomic E-state index is -0.672. The summed E-state index contributed by atoms with van der Waals surface area (Å²) >= 11 is 5.22. The molecule has 1 aromatic heterocycles. The molecule has 0 saturated carbocycles. The molecule has 0 unspecified atom stereocenters. The van der Waals surface area contributed by atoms with Gasteiger partial charge in [-0.15, -0.1) is 11.6 Å². The van der Waals surface area contributed by atoms with Gasteiger partial charge in [-0.2, -0.15) is 12.1 Å². The van der Waals surface area contributed by atoms with E-state index in [2.05, 4.69) is 11.1 Å². The summed E-state index contributed by atoms with van der Waals surface area (Å²) in [5, 5.41) is -0.0625.